The minimum absolute atomic E-state index is 0. The van der Waals surface area contributed by atoms with Crippen molar-refractivity contribution in [2.24, 2.45) is 5.92 Å². The van der Waals surface area contributed by atoms with Gasteiger partial charge in [0.2, 0.25) is 0 Å². The Morgan fingerprint density at radius 3 is 1.97 bits per heavy atom. The molecule has 1 aromatic carbocycles. The van der Waals surface area contributed by atoms with E-state index in [1.165, 1.54) is 24.7 Å². The monoisotopic (exact) mass is 435 g/mol. The second-order valence-corrected chi connectivity index (χ2v) is 6.53. The van der Waals surface area contributed by atoms with E-state index in [9.17, 15) is 4.79 Å². The average molecular weight is 436 g/mol. The SMILES string of the molecule is CC#CC.CCc1ccc(C2CC3CCC(N3)C2C(=O)OC)cc1.O.O.O.O.O.O. The standard InChI is InChI=1S/C17H23NO2.C4H6.6H2O/c1-3-11-4-6-12(7-5-11)14-10-13-8-9-15(18-13)16(14)17(19)20-2;1-3-4-2;;;;;;/h4-7,13-16,18H,3,8-10H2,1-2H3;1-2H3;6*1H2. The van der Waals surface area contributed by atoms with Crippen molar-refractivity contribution in [1.82, 2.24) is 5.32 Å². The Morgan fingerprint density at radius 2 is 1.53 bits per heavy atom. The van der Waals surface area contributed by atoms with E-state index in [-0.39, 0.29) is 50.8 Å². The number of fused-ring (bicyclic) bond motifs is 2. The van der Waals surface area contributed by atoms with E-state index >= 15 is 0 Å². The maximum atomic E-state index is 12.2. The first-order chi connectivity index (χ1) is 11.6. The van der Waals surface area contributed by atoms with Crippen molar-refractivity contribution >= 4 is 5.97 Å². The molecule has 2 heterocycles. The number of rotatable bonds is 3. The zero-order valence-electron chi connectivity index (χ0n) is 18.3. The maximum absolute atomic E-state index is 12.2. The molecule has 4 unspecified atom stereocenters. The number of esters is 1. The maximum Gasteiger partial charge on any atom is 0.310 e. The van der Waals surface area contributed by atoms with Crippen LogP contribution in [0.25, 0.3) is 0 Å². The van der Waals surface area contributed by atoms with Gasteiger partial charge in [-0.25, -0.2) is 0 Å². The van der Waals surface area contributed by atoms with Crippen LogP contribution in [-0.2, 0) is 16.0 Å². The third-order valence-corrected chi connectivity index (χ3v) is 5.22. The molecule has 0 amide bonds. The molecule has 4 atom stereocenters. The lowest BCUT2D eigenvalue weighted by Crippen LogP contribution is -2.48. The largest absolute Gasteiger partial charge is 0.469 e. The van der Waals surface area contributed by atoms with Crippen molar-refractivity contribution in [2.45, 2.75) is 64.5 Å². The van der Waals surface area contributed by atoms with Crippen molar-refractivity contribution in [1.29, 1.82) is 0 Å². The molecule has 0 spiro atoms. The van der Waals surface area contributed by atoms with E-state index in [1.807, 2.05) is 13.8 Å². The van der Waals surface area contributed by atoms with Crippen molar-refractivity contribution in [3.63, 3.8) is 0 Å². The molecule has 2 fully saturated rings. The highest BCUT2D eigenvalue weighted by atomic mass is 16.5. The first-order valence-electron chi connectivity index (χ1n) is 8.90. The molecule has 9 nitrogen and oxygen atoms in total. The second kappa shape index (κ2) is 19.0. The van der Waals surface area contributed by atoms with Gasteiger partial charge in [-0.3, -0.25) is 4.79 Å². The van der Waals surface area contributed by atoms with Gasteiger partial charge >= 0.3 is 5.97 Å². The number of methoxy groups -OCH3 is 1. The second-order valence-electron chi connectivity index (χ2n) is 6.53. The number of piperidine rings is 1. The summed E-state index contributed by atoms with van der Waals surface area (Å²) in [4.78, 5) is 12.2. The van der Waals surface area contributed by atoms with Crippen LogP contribution in [0.2, 0.25) is 0 Å². The lowest BCUT2D eigenvalue weighted by Gasteiger charge is -2.36. The molecule has 0 aliphatic carbocycles. The smallest absolute Gasteiger partial charge is 0.310 e. The van der Waals surface area contributed by atoms with Gasteiger partial charge in [0.25, 0.3) is 0 Å². The van der Waals surface area contributed by atoms with Crippen LogP contribution < -0.4 is 5.32 Å². The Hall–Kier alpha value is -2.03. The minimum Gasteiger partial charge on any atom is -0.469 e. The van der Waals surface area contributed by atoms with Crippen LogP contribution in [-0.4, -0.2) is 58.0 Å². The molecule has 13 N–H and O–H groups in total. The van der Waals surface area contributed by atoms with Crippen LogP contribution in [0, 0.1) is 17.8 Å². The Morgan fingerprint density at radius 1 is 1.00 bits per heavy atom. The van der Waals surface area contributed by atoms with Gasteiger partial charge in [0.1, 0.15) is 0 Å². The normalized spacial score (nSPS) is 21.9. The van der Waals surface area contributed by atoms with E-state index in [0.29, 0.717) is 12.0 Å². The number of aryl methyl sites for hydroxylation is 1. The molecule has 30 heavy (non-hydrogen) atoms. The number of carbonyl (C=O) groups is 1. The Balaban J connectivity index is -0.000000193. The van der Waals surface area contributed by atoms with Crippen LogP contribution in [0.3, 0.4) is 0 Å². The molecular weight excluding hydrogens is 394 g/mol. The van der Waals surface area contributed by atoms with Gasteiger partial charge < -0.3 is 42.9 Å². The summed E-state index contributed by atoms with van der Waals surface area (Å²) >= 11 is 0. The third-order valence-electron chi connectivity index (χ3n) is 5.22. The fourth-order valence-corrected chi connectivity index (χ4v) is 3.86. The molecule has 2 bridgehead atoms. The van der Waals surface area contributed by atoms with Gasteiger partial charge in [0, 0.05) is 18.0 Å². The molecule has 1 aromatic rings. The van der Waals surface area contributed by atoms with Gasteiger partial charge in [0.15, 0.2) is 0 Å². The number of carbonyl (C=O) groups excluding carboxylic acids is 1. The predicted octanol–water partition coefficient (Wildman–Crippen LogP) is -1.27. The molecule has 178 valence electrons. The van der Waals surface area contributed by atoms with Crippen LogP contribution in [0.4, 0.5) is 0 Å². The summed E-state index contributed by atoms with van der Waals surface area (Å²) in [5.41, 5.74) is 2.64. The summed E-state index contributed by atoms with van der Waals surface area (Å²) in [6, 6.07) is 9.63. The molecule has 2 saturated heterocycles. The van der Waals surface area contributed by atoms with Crippen LogP contribution in [0.1, 0.15) is 57.1 Å². The van der Waals surface area contributed by atoms with E-state index in [0.717, 1.165) is 19.3 Å². The molecule has 9 heteroatoms. The van der Waals surface area contributed by atoms with Crippen molar-refractivity contribution in [3.05, 3.63) is 35.4 Å². The summed E-state index contributed by atoms with van der Waals surface area (Å²) in [7, 11) is 1.50. The minimum atomic E-state index is -0.0626. The predicted molar refractivity (Wildman–Crippen MR) is 119 cm³/mol. The lowest BCUT2D eigenvalue weighted by molar-refractivity contribution is -0.148. The molecular formula is C21H41NO8. The summed E-state index contributed by atoms with van der Waals surface area (Å²) in [5.74, 6) is 5.56. The zero-order valence-corrected chi connectivity index (χ0v) is 18.3. The fraction of sp³-hybridized carbons (Fsp3) is 0.571. The number of hydrogen-bond donors (Lipinski definition) is 1. The Bertz CT molecular complexity index is 606. The van der Waals surface area contributed by atoms with Crippen LogP contribution >= 0.6 is 0 Å². The zero-order chi connectivity index (χ0) is 17.5. The Labute approximate surface area is 179 Å². The van der Waals surface area contributed by atoms with E-state index < -0.39 is 0 Å². The Kier molecular flexibility index (Phi) is 24.4. The van der Waals surface area contributed by atoms with Gasteiger partial charge in [-0.2, -0.15) is 0 Å². The highest BCUT2D eigenvalue weighted by Gasteiger charge is 2.46. The first-order valence-corrected chi connectivity index (χ1v) is 8.90. The number of ether oxygens (including phenoxy) is 1. The number of hydrogen-bond acceptors (Lipinski definition) is 3. The van der Waals surface area contributed by atoms with Gasteiger partial charge in [0.05, 0.1) is 13.0 Å². The van der Waals surface area contributed by atoms with Crippen LogP contribution in [0.15, 0.2) is 24.3 Å². The third kappa shape index (κ3) is 9.19. The molecule has 0 aromatic heterocycles. The summed E-state index contributed by atoms with van der Waals surface area (Å²) in [6.45, 7) is 5.80. The lowest BCUT2D eigenvalue weighted by atomic mass is 9.77. The van der Waals surface area contributed by atoms with Crippen molar-refractivity contribution in [3.8, 4) is 11.8 Å². The summed E-state index contributed by atoms with van der Waals surface area (Å²) in [6.07, 6.45) is 4.37. The average Bonchev–Trinajstić information content (AvgIpc) is 3.02. The topological polar surface area (TPSA) is 227 Å². The summed E-state index contributed by atoms with van der Waals surface area (Å²) < 4.78 is 5.06. The van der Waals surface area contributed by atoms with Gasteiger partial charge in [-0.15, -0.1) is 11.8 Å². The van der Waals surface area contributed by atoms with E-state index in [4.69, 9.17) is 4.74 Å². The molecule has 0 saturated carbocycles. The number of benzene rings is 1. The summed E-state index contributed by atoms with van der Waals surface area (Å²) in [5, 5.41) is 3.58. The van der Waals surface area contributed by atoms with E-state index in [1.54, 1.807) is 0 Å². The highest BCUT2D eigenvalue weighted by Crippen LogP contribution is 2.42. The quantitative estimate of drug-likeness (QED) is 0.452. The van der Waals surface area contributed by atoms with E-state index in [2.05, 4.69) is 48.3 Å². The van der Waals surface area contributed by atoms with Gasteiger partial charge in [-0.1, -0.05) is 31.2 Å². The number of nitrogens with one attached hydrogen (secondary N) is 1. The van der Waals surface area contributed by atoms with Crippen molar-refractivity contribution in [2.75, 3.05) is 7.11 Å². The molecule has 2 aliphatic rings. The highest BCUT2D eigenvalue weighted by molar-refractivity contribution is 5.75. The molecule has 0 radical (unpaired) electrons. The first kappa shape index (κ1) is 38.6. The van der Waals surface area contributed by atoms with Gasteiger partial charge in [-0.05, 0) is 50.7 Å². The fourth-order valence-electron chi connectivity index (χ4n) is 3.86. The van der Waals surface area contributed by atoms with Crippen LogP contribution in [0.5, 0.6) is 0 Å². The van der Waals surface area contributed by atoms with Crippen molar-refractivity contribution < 1.29 is 42.4 Å². The molecule has 2 aliphatic heterocycles. The molecule has 3 rings (SSSR count).